The number of amides is 2. The van der Waals surface area contributed by atoms with Crippen LogP contribution < -0.4 is 10.2 Å². The first-order valence-corrected chi connectivity index (χ1v) is 11.4. The molecule has 3 aromatic carbocycles. The number of anilines is 2. The van der Waals surface area contributed by atoms with Crippen molar-refractivity contribution in [3.63, 3.8) is 0 Å². The molecule has 1 aliphatic heterocycles. The molecule has 1 heterocycles. The van der Waals surface area contributed by atoms with Gasteiger partial charge in [-0.3, -0.25) is 9.59 Å². The van der Waals surface area contributed by atoms with Gasteiger partial charge in [-0.1, -0.05) is 53.2 Å². The highest BCUT2D eigenvalue weighted by molar-refractivity contribution is 8.04. The quantitative estimate of drug-likeness (QED) is 0.357. The van der Waals surface area contributed by atoms with E-state index in [1.54, 1.807) is 36.4 Å². The largest absolute Gasteiger partial charge is 0.416 e. The minimum atomic E-state index is -4.68. The molecule has 34 heavy (non-hydrogen) atoms. The number of carbonyl (C=O) groups excluding carboxylic acids is 2. The van der Waals surface area contributed by atoms with Crippen molar-refractivity contribution in [3.05, 3.63) is 98.5 Å². The van der Waals surface area contributed by atoms with Crippen LogP contribution in [0, 0.1) is 6.92 Å². The number of alkyl halides is 3. The summed E-state index contributed by atoms with van der Waals surface area (Å²) >= 11 is 13.1. The van der Waals surface area contributed by atoms with Crippen molar-refractivity contribution in [1.29, 1.82) is 0 Å². The predicted molar refractivity (Wildman–Crippen MR) is 128 cm³/mol. The SMILES string of the molecule is Cc1ccccc1NC1=C(Sc2ccc(Cl)cc2)C(=O)N(c2cc(C(F)(F)F)ccc2Cl)C1=O. The molecule has 0 radical (unpaired) electrons. The van der Waals surface area contributed by atoms with Crippen LogP contribution in [0.15, 0.2) is 82.2 Å². The second kappa shape index (κ2) is 9.37. The highest BCUT2D eigenvalue weighted by atomic mass is 35.5. The third-order valence-electron chi connectivity index (χ3n) is 4.99. The molecule has 0 saturated carbocycles. The van der Waals surface area contributed by atoms with Crippen molar-refractivity contribution in [2.45, 2.75) is 18.0 Å². The van der Waals surface area contributed by atoms with E-state index in [0.717, 1.165) is 29.5 Å². The number of hydrogen-bond acceptors (Lipinski definition) is 4. The van der Waals surface area contributed by atoms with E-state index in [1.807, 2.05) is 19.1 Å². The van der Waals surface area contributed by atoms with Gasteiger partial charge in [0.2, 0.25) is 0 Å². The molecule has 0 aliphatic carbocycles. The van der Waals surface area contributed by atoms with E-state index in [-0.39, 0.29) is 21.3 Å². The lowest BCUT2D eigenvalue weighted by molar-refractivity contribution is -0.137. The van der Waals surface area contributed by atoms with E-state index in [2.05, 4.69) is 5.32 Å². The number of carbonyl (C=O) groups is 2. The maximum atomic E-state index is 13.4. The van der Waals surface area contributed by atoms with Crippen molar-refractivity contribution in [1.82, 2.24) is 0 Å². The topological polar surface area (TPSA) is 49.4 Å². The zero-order valence-corrected chi connectivity index (χ0v) is 19.7. The fourth-order valence-electron chi connectivity index (χ4n) is 3.26. The van der Waals surface area contributed by atoms with Crippen molar-refractivity contribution in [3.8, 4) is 0 Å². The van der Waals surface area contributed by atoms with Crippen LogP contribution in [0.5, 0.6) is 0 Å². The molecule has 0 aromatic heterocycles. The Balaban J connectivity index is 1.80. The first-order valence-electron chi connectivity index (χ1n) is 9.82. The summed E-state index contributed by atoms with van der Waals surface area (Å²) in [7, 11) is 0. The second-order valence-corrected chi connectivity index (χ2v) is 9.24. The Morgan fingerprint density at radius 2 is 1.59 bits per heavy atom. The molecule has 4 nitrogen and oxygen atoms in total. The van der Waals surface area contributed by atoms with Crippen LogP contribution in [-0.4, -0.2) is 11.8 Å². The highest BCUT2D eigenvalue weighted by Crippen LogP contribution is 2.42. The molecule has 0 spiro atoms. The average Bonchev–Trinajstić information content (AvgIpc) is 3.00. The molecule has 10 heteroatoms. The van der Waals surface area contributed by atoms with Gasteiger partial charge >= 0.3 is 6.18 Å². The van der Waals surface area contributed by atoms with Crippen molar-refractivity contribution >= 4 is 58.2 Å². The lowest BCUT2D eigenvalue weighted by Gasteiger charge is -2.19. The number of halogens is 5. The predicted octanol–water partition coefficient (Wildman–Crippen LogP) is 7.31. The summed E-state index contributed by atoms with van der Waals surface area (Å²) in [4.78, 5) is 28.1. The first kappa shape index (κ1) is 24.2. The Hall–Kier alpha value is -2.94. The number of aryl methyl sites for hydroxylation is 1. The number of nitrogens with zero attached hydrogens (tertiary/aromatic N) is 1. The van der Waals surface area contributed by atoms with Crippen molar-refractivity contribution < 1.29 is 22.8 Å². The van der Waals surface area contributed by atoms with Crippen molar-refractivity contribution in [2.24, 2.45) is 0 Å². The van der Waals surface area contributed by atoms with Crippen LogP contribution in [0.2, 0.25) is 10.0 Å². The lowest BCUT2D eigenvalue weighted by Crippen LogP contribution is -2.33. The van der Waals surface area contributed by atoms with E-state index < -0.39 is 23.6 Å². The minimum absolute atomic E-state index is 0.0176. The van der Waals surface area contributed by atoms with Gasteiger partial charge in [-0.2, -0.15) is 13.2 Å². The lowest BCUT2D eigenvalue weighted by atomic mass is 10.1. The average molecular weight is 523 g/mol. The van der Waals surface area contributed by atoms with E-state index >= 15 is 0 Å². The van der Waals surface area contributed by atoms with Gasteiger partial charge in [-0.15, -0.1) is 0 Å². The molecule has 0 atom stereocenters. The van der Waals surface area contributed by atoms with Crippen LogP contribution in [0.3, 0.4) is 0 Å². The Morgan fingerprint density at radius 1 is 0.912 bits per heavy atom. The Bertz CT molecular complexity index is 1320. The molecule has 0 bridgehead atoms. The summed E-state index contributed by atoms with van der Waals surface area (Å²) in [5, 5.41) is 3.32. The van der Waals surface area contributed by atoms with Crippen LogP contribution in [0.4, 0.5) is 24.5 Å². The Labute approximate surface area is 207 Å². The highest BCUT2D eigenvalue weighted by Gasteiger charge is 2.42. The Kier molecular flexibility index (Phi) is 6.66. The molecule has 1 N–H and O–H groups in total. The number of hydrogen-bond donors (Lipinski definition) is 1. The summed E-state index contributed by atoms with van der Waals surface area (Å²) in [6.45, 7) is 1.82. The van der Waals surface area contributed by atoms with Crippen LogP contribution in [0.25, 0.3) is 0 Å². The van der Waals surface area contributed by atoms with Gasteiger partial charge in [0.15, 0.2) is 0 Å². The summed E-state index contributed by atoms with van der Waals surface area (Å²) in [6, 6.07) is 16.2. The molecule has 3 aromatic rings. The zero-order valence-electron chi connectivity index (χ0n) is 17.4. The number of para-hydroxylation sites is 1. The first-order chi connectivity index (χ1) is 16.1. The van der Waals surface area contributed by atoms with E-state index in [0.29, 0.717) is 26.6 Å². The number of benzene rings is 3. The van der Waals surface area contributed by atoms with Gasteiger partial charge in [0.25, 0.3) is 11.8 Å². The maximum Gasteiger partial charge on any atom is 0.416 e. The minimum Gasteiger partial charge on any atom is -0.350 e. The fourth-order valence-corrected chi connectivity index (χ4v) is 4.52. The molecular formula is C24H15Cl2F3N2O2S. The standard InChI is InChI=1S/C24H15Cl2F3N2O2S/c1-13-4-2-3-5-18(13)30-20-21(34-16-9-7-15(25)8-10-16)23(33)31(22(20)32)19-12-14(24(27,28)29)6-11-17(19)26/h2-12,30H,1H3. The smallest absolute Gasteiger partial charge is 0.350 e. The van der Waals surface area contributed by atoms with Crippen LogP contribution >= 0.6 is 35.0 Å². The van der Waals surface area contributed by atoms with Crippen LogP contribution in [-0.2, 0) is 15.8 Å². The molecule has 0 unspecified atom stereocenters. The van der Waals surface area contributed by atoms with E-state index in [4.69, 9.17) is 23.2 Å². The van der Waals surface area contributed by atoms with Gasteiger partial charge in [-0.05, 0) is 61.0 Å². The molecule has 4 rings (SSSR count). The number of rotatable bonds is 5. The van der Waals surface area contributed by atoms with Gasteiger partial charge in [-0.25, -0.2) is 4.90 Å². The molecule has 174 valence electrons. The third-order valence-corrected chi connectivity index (χ3v) is 6.66. The molecule has 0 saturated heterocycles. The summed E-state index contributed by atoms with van der Waals surface area (Å²) in [6.07, 6.45) is -4.68. The molecular weight excluding hydrogens is 508 g/mol. The normalized spacial score (nSPS) is 14.2. The molecule has 2 amide bonds. The summed E-state index contributed by atoms with van der Waals surface area (Å²) < 4.78 is 40.0. The maximum absolute atomic E-state index is 13.4. The third kappa shape index (κ3) is 4.80. The summed E-state index contributed by atoms with van der Waals surface area (Å²) in [5.74, 6) is -1.60. The van der Waals surface area contributed by atoms with E-state index in [9.17, 15) is 22.8 Å². The molecule has 0 fully saturated rings. The van der Waals surface area contributed by atoms with Gasteiger partial charge in [0, 0.05) is 15.6 Å². The van der Waals surface area contributed by atoms with Crippen molar-refractivity contribution in [2.75, 3.05) is 10.2 Å². The summed E-state index contributed by atoms with van der Waals surface area (Å²) in [5.41, 5.74) is -0.0544. The number of imide groups is 1. The molecule has 1 aliphatic rings. The van der Waals surface area contributed by atoms with Gasteiger partial charge in [0.05, 0.1) is 16.3 Å². The second-order valence-electron chi connectivity index (χ2n) is 7.31. The monoisotopic (exact) mass is 522 g/mol. The fraction of sp³-hybridized carbons (Fsp3) is 0.0833. The van der Waals surface area contributed by atoms with E-state index in [1.165, 1.54) is 0 Å². The van der Waals surface area contributed by atoms with Crippen LogP contribution in [0.1, 0.15) is 11.1 Å². The number of thioether (sulfide) groups is 1. The van der Waals surface area contributed by atoms with Gasteiger partial charge in [0.1, 0.15) is 10.6 Å². The Morgan fingerprint density at radius 3 is 2.24 bits per heavy atom. The number of nitrogens with one attached hydrogen (secondary N) is 1. The zero-order chi connectivity index (χ0) is 24.6. The van der Waals surface area contributed by atoms with Gasteiger partial charge < -0.3 is 5.32 Å².